The lowest BCUT2D eigenvalue weighted by Crippen LogP contribution is -2.29. The monoisotopic (exact) mass is 537 g/mol. The molecule has 0 spiro atoms. The molecule has 0 unspecified atom stereocenters. The molecular weight excluding hydrogens is 514 g/mol. The summed E-state index contributed by atoms with van der Waals surface area (Å²) in [6, 6.07) is 8.96. The van der Waals surface area contributed by atoms with Gasteiger partial charge in [-0.05, 0) is 62.2 Å². The van der Waals surface area contributed by atoms with Crippen LogP contribution in [0, 0.1) is 24.0 Å². The number of benzene rings is 2. The van der Waals surface area contributed by atoms with E-state index >= 15 is 0 Å². The zero-order valence-electron chi connectivity index (χ0n) is 20.9. The third-order valence-electron chi connectivity index (χ3n) is 6.00. The molecule has 0 saturated carbocycles. The molecule has 0 radical (unpaired) electrons. The number of nitro groups is 1. The van der Waals surface area contributed by atoms with Crippen molar-refractivity contribution < 1.29 is 33.9 Å². The van der Waals surface area contributed by atoms with Gasteiger partial charge in [-0.25, -0.2) is 9.78 Å². The number of Topliss-reactive ketones (excluding diaryl/α,β-unsaturated/α-hetero) is 1. The molecule has 1 aliphatic heterocycles. The van der Waals surface area contributed by atoms with Crippen LogP contribution in [0.4, 0.5) is 10.8 Å². The molecule has 3 aromatic rings. The van der Waals surface area contributed by atoms with Crippen LogP contribution in [0.2, 0.25) is 0 Å². The zero-order valence-corrected chi connectivity index (χ0v) is 21.7. The molecule has 196 valence electrons. The molecule has 2 aromatic carbocycles. The number of aliphatic hydroxyl groups is 1. The Labute approximate surface area is 221 Å². The highest BCUT2D eigenvalue weighted by Crippen LogP contribution is 2.44. The SMILES string of the molecule is CCOC(=O)c1sc(N2C(=O)C(=O)/C(=C(/O)c3ccc(OC)cc3C)[C@@H]2c2ccc([N+](=O)[O-])cc2)nc1C. The fourth-order valence-corrected chi connectivity index (χ4v) is 5.16. The maximum atomic E-state index is 13.4. The van der Waals surface area contributed by atoms with Crippen LogP contribution in [0.15, 0.2) is 48.0 Å². The predicted molar refractivity (Wildman–Crippen MR) is 138 cm³/mol. The number of non-ortho nitro benzene ring substituents is 1. The molecule has 0 bridgehead atoms. The first-order valence-electron chi connectivity index (χ1n) is 11.4. The lowest BCUT2D eigenvalue weighted by Gasteiger charge is -2.23. The van der Waals surface area contributed by atoms with E-state index in [1.165, 1.54) is 31.4 Å². The third-order valence-corrected chi connectivity index (χ3v) is 7.14. The van der Waals surface area contributed by atoms with E-state index in [1.54, 1.807) is 39.0 Å². The molecule has 1 aromatic heterocycles. The maximum Gasteiger partial charge on any atom is 0.350 e. The summed E-state index contributed by atoms with van der Waals surface area (Å²) in [7, 11) is 1.50. The van der Waals surface area contributed by atoms with Crippen molar-refractivity contribution in [2.24, 2.45) is 0 Å². The number of nitrogens with zero attached hydrogens (tertiary/aromatic N) is 3. The van der Waals surface area contributed by atoms with Gasteiger partial charge < -0.3 is 14.6 Å². The summed E-state index contributed by atoms with van der Waals surface area (Å²) in [5.74, 6) is -2.44. The Morgan fingerprint density at radius 3 is 2.45 bits per heavy atom. The van der Waals surface area contributed by atoms with Gasteiger partial charge in [0, 0.05) is 17.7 Å². The van der Waals surface area contributed by atoms with Gasteiger partial charge in [0.1, 0.15) is 16.4 Å². The van der Waals surface area contributed by atoms with Gasteiger partial charge in [-0.1, -0.05) is 11.3 Å². The van der Waals surface area contributed by atoms with E-state index in [4.69, 9.17) is 9.47 Å². The second kappa shape index (κ2) is 10.4. The number of aliphatic hydroxyl groups excluding tert-OH is 1. The van der Waals surface area contributed by atoms with Gasteiger partial charge in [0.25, 0.3) is 11.5 Å². The van der Waals surface area contributed by atoms with Gasteiger partial charge >= 0.3 is 11.9 Å². The number of aryl methyl sites for hydroxylation is 2. The van der Waals surface area contributed by atoms with Crippen molar-refractivity contribution in [1.29, 1.82) is 0 Å². The van der Waals surface area contributed by atoms with E-state index in [2.05, 4.69) is 4.98 Å². The lowest BCUT2D eigenvalue weighted by atomic mass is 9.94. The molecule has 12 heteroatoms. The van der Waals surface area contributed by atoms with Crippen molar-refractivity contribution >= 4 is 45.6 Å². The summed E-state index contributed by atoms with van der Waals surface area (Å²) >= 11 is 0.873. The first-order valence-corrected chi connectivity index (χ1v) is 12.3. The van der Waals surface area contributed by atoms with Crippen molar-refractivity contribution in [1.82, 2.24) is 4.98 Å². The Balaban J connectivity index is 1.93. The van der Waals surface area contributed by atoms with Gasteiger partial charge in [-0.2, -0.15) is 0 Å². The third kappa shape index (κ3) is 4.61. The van der Waals surface area contributed by atoms with E-state index in [0.29, 0.717) is 28.1 Å². The molecule has 1 saturated heterocycles. The van der Waals surface area contributed by atoms with E-state index in [0.717, 1.165) is 16.2 Å². The molecule has 4 rings (SSSR count). The fourth-order valence-electron chi connectivity index (χ4n) is 4.17. The number of rotatable bonds is 7. The average Bonchev–Trinajstić information content (AvgIpc) is 3.40. The number of hydrogen-bond donors (Lipinski definition) is 1. The smallest absolute Gasteiger partial charge is 0.350 e. The van der Waals surface area contributed by atoms with Crippen molar-refractivity contribution in [3.05, 3.63) is 85.4 Å². The van der Waals surface area contributed by atoms with Gasteiger partial charge in [0.2, 0.25) is 0 Å². The molecule has 1 fully saturated rings. The van der Waals surface area contributed by atoms with Crippen LogP contribution >= 0.6 is 11.3 Å². The second-order valence-electron chi connectivity index (χ2n) is 8.33. The van der Waals surface area contributed by atoms with Crippen molar-refractivity contribution in [2.75, 3.05) is 18.6 Å². The number of hydrogen-bond acceptors (Lipinski definition) is 10. The van der Waals surface area contributed by atoms with Gasteiger partial charge in [-0.3, -0.25) is 24.6 Å². The van der Waals surface area contributed by atoms with Crippen LogP contribution in [-0.4, -0.2) is 46.4 Å². The molecule has 1 aliphatic rings. The van der Waals surface area contributed by atoms with Crippen molar-refractivity contribution in [3.8, 4) is 5.75 Å². The number of carbonyl (C=O) groups excluding carboxylic acids is 3. The normalized spacial score (nSPS) is 16.5. The Kier molecular flexibility index (Phi) is 7.26. The number of anilines is 1. The van der Waals surface area contributed by atoms with E-state index in [1.807, 2.05) is 0 Å². The van der Waals surface area contributed by atoms with Crippen LogP contribution in [0.5, 0.6) is 5.75 Å². The summed E-state index contributed by atoms with van der Waals surface area (Å²) in [6.07, 6.45) is 0. The van der Waals surface area contributed by atoms with Crippen LogP contribution in [-0.2, 0) is 14.3 Å². The van der Waals surface area contributed by atoms with E-state index < -0.39 is 34.4 Å². The minimum Gasteiger partial charge on any atom is -0.507 e. The number of thiazole rings is 1. The minimum absolute atomic E-state index is 0.0431. The first kappa shape index (κ1) is 26.5. The Morgan fingerprint density at radius 1 is 1.18 bits per heavy atom. The van der Waals surface area contributed by atoms with E-state index in [-0.39, 0.29) is 27.9 Å². The van der Waals surface area contributed by atoms with Crippen molar-refractivity contribution in [2.45, 2.75) is 26.8 Å². The molecule has 11 nitrogen and oxygen atoms in total. The summed E-state index contributed by atoms with van der Waals surface area (Å²) in [4.78, 5) is 55.4. The quantitative estimate of drug-likeness (QED) is 0.115. The lowest BCUT2D eigenvalue weighted by molar-refractivity contribution is -0.384. The second-order valence-corrected chi connectivity index (χ2v) is 9.31. The van der Waals surface area contributed by atoms with Crippen LogP contribution < -0.4 is 9.64 Å². The number of nitro benzene ring substituents is 1. The van der Waals surface area contributed by atoms with E-state index in [9.17, 15) is 29.6 Å². The van der Waals surface area contributed by atoms with Crippen LogP contribution in [0.25, 0.3) is 5.76 Å². The van der Waals surface area contributed by atoms with Gasteiger partial charge in [0.15, 0.2) is 5.13 Å². The Hall–Kier alpha value is -4.58. The predicted octanol–water partition coefficient (Wildman–Crippen LogP) is 4.48. The topological polar surface area (TPSA) is 149 Å². The largest absolute Gasteiger partial charge is 0.507 e. The summed E-state index contributed by atoms with van der Waals surface area (Å²) in [5, 5.41) is 22.6. The van der Waals surface area contributed by atoms with Crippen molar-refractivity contribution in [3.63, 3.8) is 0 Å². The molecular formula is C26H23N3O8S. The highest BCUT2D eigenvalue weighted by atomic mass is 32.1. The van der Waals surface area contributed by atoms with Crippen LogP contribution in [0.1, 0.15) is 45.0 Å². The average molecular weight is 538 g/mol. The number of ketones is 1. The highest BCUT2D eigenvalue weighted by Gasteiger charge is 2.48. The molecule has 2 heterocycles. The minimum atomic E-state index is -1.17. The Morgan fingerprint density at radius 2 is 1.87 bits per heavy atom. The summed E-state index contributed by atoms with van der Waals surface area (Å²) in [6.45, 7) is 5.08. The van der Waals surface area contributed by atoms with Gasteiger partial charge in [0.05, 0.1) is 35.9 Å². The molecule has 1 atom stereocenters. The number of methoxy groups -OCH3 is 1. The summed E-state index contributed by atoms with van der Waals surface area (Å²) < 4.78 is 10.3. The zero-order chi connectivity index (χ0) is 27.7. The molecule has 1 amide bonds. The standard InChI is InChI=1S/C26H23N3O8S/c1-5-37-25(33)23-14(3)27-26(38-23)28-20(15-6-8-16(9-7-15)29(34)35)19(22(31)24(28)32)21(30)18-11-10-17(36-4)12-13(18)2/h6-12,20,30H,5H2,1-4H3/b21-19+/t20-/m0/s1. The number of esters is 1. The molecule has 0 aliphatic carbocycles. The summed E-state index contributed by atoms with van der Waals surface area (Å²) in [5.41, 5.74) is 1.12. The molecule has 38 heavy (non-hydrogen) atoms. The van der Waals surface area contributed by atoms with Crippen LogP contribution in [0.3, 0.4) is 0 Å². The number of ether oxygens (including phenoxy) is 2. The molecule has 1 N–H and O–H groups in total. The Bertz CT molecular complexity index is 1490. The number of aromatic nitrogens is 1. The number of amides is 1. The maximum absolute atomic E-state index is 13.4. The first-order chi connectivity index (χ1) is 18.1. The fraction of sp³-hybridized carbons (Fsp3) is 0.231. The van der Waals surface area contributed by atoms with Gasteiger partial charge in [-0.15, -0.1) is 0 Å². The highest BCUT2D eigenvalue weighted by molar-refractivity contribution is 7.17. The number of carbonyl (C=O) groups is 3.